The Morgan fingerprint density at radius 2 is 0.804 bits per heavy atom. The lowest BCUT2D eigenvalue weighted by Gasteiger charge is -2.15. The summed E-state index contributed by atoms with van der Waals surface area (Å²) in [7, 11) is 0. The molecule has 0 aliphatic heterocycles. The third-order valence-corrected chi connectivity index (χ3v) is 9.84. The van der Waals surface area contributed by atoms with Gasteiger partial charge in [-0.2, -0.15) is 0 Å². The summed E-state index contributed by atoms with van der Waals surface area (Å²) in [5, 5.41) is 7.00. The highest BCUT2D eigenvalue weighted by molar-refractivity contribution is 6.11. The molecular formula is C47H30N4. The molecule has 4 nitrogen and oxygen atoms in total. The molecule has 0 unspecified atom stereocenters. The van der Waals surface area contributed by atoms with Crippen LogP contribution in [-0.2, 0) is 0 Å². The van der Waals surface area contributed by atoms with Crippen molar-refractivity contribution in [1.82, 2.24) is 19.5 Å². The minimum atomic E-state index is 0.642. The summed E-state index contributed by atoms with van der Waals surface area (Å²) in [6, 6.07) is 63.9. The molecule has 0 saturated heterocycles. The highest BCUT2D eigenvalue weighted by Crippen LogP contribution is 2.38. The summed E-state index contributed by atoms with van der Waals surface area (Å²) in [6.07, 6.45) is 0. The first kappa shape index (κ1) is 29.0. The Balaban J connectivity index is 1.16. The van der Waals surface area contributed by atoms with E-state index in [0.717, 1.165) is 38.5 Å². The largest absolute Gasteiger partial charge is 0.309 e. The topological polar surface area (TPSA) is 43.6 Å². The molecule has 0 aliphatic rings. The van der Waals surface area contributed by atoms with E-state index < -0.39 is 0 Å². The van der Waals surface area contributed by atoms with Gasteiger partial charge in [-0.15, -0.1) is 0 Å². The first-order valence-electron chi connectivity index (χ1n) is 17.2. The van der Waals surface area contributed by atoms with Crippen molar-refractivity contribution in [2.45, 2.75) is 0 Å². The summed E-state index contributed by atoms with van der Waals surface area (Å²) in [5.41, 5.74) is 8.73. The molecule has 0 radical (unpaired) electrons. The van der Waals surface area contributed by atoms with Crippen LogP contribution in [0.2, 0.25) is 0 Å². The van der Waals surface area contributed by atoms with Crippen LogP contribution >= 0.6 is 0 Å². The average Bonchev–Trinajstić information content (AvgIpc) is 3.54. The van der Waals surface area contributed by atoms with Gasteiger partial charge in [-0.1, -0.05) is 146 Å². The van der Waals surface area contributed by atoms with E-state index in [1.807, 2.05) is 24.3 Å². The van der Waals surface area contributed by atoms with Crippen molar-refractivity contribution in [2.24, 2.45) is 0 Å². The second-order valence-electron chi connectivity index (χ2n) is 12.9. The van der Waals surface area contributed by atoms with E-state index in [1.165, 1.54) is 38.3 Å². The maximum absolute atomic E-state index is 5.18. The second-order valence-corrected chi connectivity index (χ2v) is 12.9. The van der Waals surface area contributed by atoms with E-state index in [1.54, 1.807) is 0 Å². The Morgan fingerprint density at radius 1 is 0.314 bits per heavy atom. The van der Waals surface area contributed by atoms with Gasteiger partial charge in [0.25, 0.3) is 0 Å². The number of fused-ring (bicyclic) bond motifs is 5. The van der Waals surface area contributed by atoms with Crippen molar-refractivity contribution in [3.05, 3.63) is 182 Å². The molecule has 2 heterocycles. The van der Waals surface area contributed by atoms with Gasteiger partial charge in [0.2, 0.25) is 0 Å². The van der Waals surface area contributed by atoms with E-state index in [4.69, 9.17) is 15.0 Å². The Kier molecular flexibility index (Phi) is 6.78. The first-order valence-corrected chi connectivity index (χ1v) is 17.2. The van der Waals surface area contributed by atoms with E-state index in [9.17, 15) is 0 Å². The molecule has 0 saturated carbocycles. The summed E-state index contributed by atoms with van der Waals surface area (Å²) in [6.45, 7) is 0. The standard InChI is InChI=1S/C47H30N4/c1-3-13-31(14-4-1)33-23-24-35-30-36(26-25-34(35)29-33)46-48-45(32-15-5-2-6-16-32)49-47(50-46)41-27-28-44(38-18-8-7-17-37(38)41)51-42-21-11-9-19-39(42)40-20-10-12-22-43(40)51/h1-30H. The maximum atomic E-state index is 5.18. The fourth-order valence-electron chi connectivity index (χ4n) is 7.39. The Morgan fingerprint density at radius 3 is 1.47 bits per heavy atom. The molecule has 2 aromatic heterocycles. The molecule has 0 aliphatic carbocycles. The summed E-state index contributed by atoms with van der Waals surface area (Å²) in [4.78, 5) is 15.4. The molecule has 0 atom stereocenters. The molecule has 0 fully saturated rings. The van der Waals surface area contributed by atoms with Crippen molar-refractivity contribution in [3.63, 3.8) is 0 Å². The van der Waals surface area contributed by atoms with Crippen LogP contribution < -0.4 is 0 Å². The van der Waals surface area contributed by atoms with Crippen molar-refractivity contribution >= 4 is 43.4 Å². The second kappa shape index (κ2) is 11.9. The zero-order valence-electron chi connectivity index (χ0n) is 27.6. The van der Waals surface area contributed by atoms with Gasteiger partial charge in [-0.05, 0) is 63.7 Å². The van der Waals surface area contributed by atoms with Gasteiger partial charge in [0.05, 0.1) is 16.7 Å². The Hall–Kier alpha value is -6.91. The lowest BCUT2D eigenvalue weighted by atomic mass is 9.99. The fraction of sp³-hybridized carbons (Fsp3) is 0. The van der Waals surface area contributed by atoms with Crippen LogP contribution in [0.3, 0.4) is 0 Å². The van der Waals surface area contributed by atoms with Crippen molar-refractivity contribution < 1.29 is 0 Å². The van der Waals surface area contributed by atoms with Gasteiger partial charge in [-0.25, -0.2) is 15.0 Å². The van der Waals surface area contributed by atoms with Gasteiger partial charge in [0, 0.05) is 32.8 Å². The number of para-hydroxylation sites is 2. The third-order valence-electron chi connectivity index (χ3n) is 9.84. The highest BCUT2D eigenvalue weighted by Gasteiger charge is 2.18. The molecule has 0 spiro atoms. The first-order chi connectivity index (χ1) is 25.3. The smallest absolute Gasteiger partial charge is 0.164 e. The minimum absolute atomic E-state index is 0.642. The molecule has 10 rings (SSSR count). The molecule has 238 valence electrons. The summed E-state index contributed by atoms with van der Waals surface area (Å²) < 4.78 is 2.38. The monoisotopic (exact) mass is 650 g/mol. The van der Waals surface area contributed by atoms with Crippen LogP contribution in [0.25, 0.3) is 94.3 Å². The molecule has 0 N–H and O–H groups in total. The van der Waals surface area contributed by atoms with E-state index >= 15 is 0 Å². The molecule has 8 aromatic carbocycles. The number of aromatic nitrogens is 4. The number of hydrogen-bond acceptors (Lipinski definition) is 3. The molecule has 51 heavy (non-hydrogen) atoms. The summed E-state index contributed by atoms with van der Waals surface area (Å²) >= 11 is 0. The van der Waals surface area contributed by atoms with Crippen LogP contribution in [0.1, 0.15) is 0 Å². The molecule has 0 amide bonds. The molecule has 4 heteroatoms. The number of benzene rings is 8. The van der Waals surface area contributed by atoms with Crippen LogP contribution in [0.15, 0.2) is 182 Å². The zero-order chi connectivity index (χ0) is 33.7. The van der Waals surface area contributed by atoms with Gasteiger partial charge in [0.1, 0.15) is 0 Å². The van der Waals surface area contributed by atoms with Crippen molar-refractivity contribution in [2.75, 3.05) is 0 Å². The van der Waals surface area contributed by atoms with Crippen molar-refractivity contribution in [1.29, 1.82) is 0 Å². The Bertz CT molecular complexity index is 2860. The van der Waals surface area contributed by atoms with Gasteiger partial charge in [0.15, 0.2) is 17.5 Å². The molecule has 10 aromatic rings. The predicted octanol–water partition coefficient (Wildman–Crippen LogP) is 11.9. The lowest BCUT2D eigenvalue weighted by Crippen LogP contribution is -2.01. The fourth-order valence-corrected chi connectivity index (χ4v) is 7.39. The Labute approximate surface area is 295 Å². The van der Waals surface area contributed by atoms with E-state index in [-0.39, 0.29) is 0 Å². The maximum Gasteiger partial charge on any atom is 0.164 e. The summed E-state index contributed by atoms with van der Waals surface area (Å²) in [5.74, 6) is 1.93. The van der Waals surface area contributed by atoms with Gasteiger partial charge < -0.3 is 4.57 Å². The molecule has 0 bridgehead atoms. The van der Waals surface area contributed by atoms with Crippen LogP contribution in [0, 0.1) is 0 Å². The zero-order valence-corrected chi connectivity index (χ0v) is 27.6. The van der Waals surface area contributed by atoms with Gasteiger partial charge in [-0.3, -0.25) is 0 Å². The normalized spacial score (nSPS) is 11.5. The number of nitrogens with zero attached hydrogens (tertiary/aromatic N) is 4. The lowest BCUT2D eigenvalue weighted by molar-refractivity contribution is 1.08. The van der Waals surface area contributed by atoms with Crippen LogP contribution in [0.5, 0.6) is 0 Å². The van der Waals surface area contributed by atoms with Gasteiger partial charge >= 0.3 is 0 Å². The third kappa shape index (κ3) is 4.96. The highest BCUT2D eigenvalue weighted by atomic mass is 15.0. The van der Waals surface area contributed by atoms with Crippen molar-refractivity contribution in [3.8, 4) is 51.0 Å². The average molecular weight is 651 g/mol. The quantitative estimate of drug-likeness (QED) is 0.186. The van der Waals surface area contributed by atoms with Crippen LogP contribution in [-0.4, -0.2) is 19.5 Å². The van der Waals surface area contributed by atoms with Crippen LogP contribution in [0.4, 0.5) is 0 Å². The van der Waals surface area contributed by atoms with E-state index in [0.29, 0.717) is 17.5 Å². The number of rotatable bonds is 5. The predicted molar refractivity (Wildman–Crippen MR) is 211 cm³/mol. The minimum Gasteiger partial charge on any atom is -0.309 e. The van der Waals surface area contributed by atoms with E-state index in [2.05, 4.69) is 162 Å². The molecular weight excluding hydrogens is 621 g/mol. The SMILES string of the molecule is c1ccc(-c2ccc3cc(-c4nc(-c5ccccc5)nc(-c5ccc(-n6c7ccccc7c7ccccc76)c6ccccc56)n4)ccc3c2)cc1. The number of hydrogen-bond donors (Lipinski definition) is 0.